The van der Waals surface area contributed by atoms with Crippen molar-refractivity contribution >= 4 is 64.2 Å². The molecule has 0 radical (unpaired) electrons. The van der Waals surface area contributed by atoms with Crippen LogP contribution in [0.1, 0.15) is 16.1 Å². The number of nitrogens with zero attached hydrogens (tertiary/aromatic N) is 2. The van der Waals surface area contributed by atoms with Gasteiger partial charge in [0.2, 0.25) is 0 Å². The summed E-state index contributed by atoms with van der Waals surface area (Å²) >= 11 is 11.9. The highest BCUT2D eigenvalue weighted by molar-refractivity contribution is 7.81. The summed E-state index contributed by atoms with van der Waals surface area (Å²) in [6.07, 6.45) is 1.34. The molecular weight excluding hydrogens is 512 g/mol. The van der Waals surface area contributed by atoms with Gasteiger partial charge in [0.1, 0.15) is 17.1 Å². The van der Waals surface area contributed by atoms with E-state index in [9.17, 15) is 19.5 Å². The van der Waals surface area contributed by atoms with Crippen molar-refractivity contribution in [2.24, 2.45) is 0 Å². The summed E-state index contributed by atoms with van der Waals surface area (Å²) in [5, 5.41) is 9.63. The third kappa shape index (κ3) is 4.55. The Kier molecular flexibility index (Phi) is 6.43. The van der Waals surface area contributed by atoms with Gasteiger partial charge in [-0.2, -0.15) is 0 Å². The summed E-state index contributed by atoms with van der Waals surface area (Å²) in [6.45, 7) is 0. The van der Waals surface area contributed by atoms with Gasteiger partial charge >= 0.3 is 5.97 Å². The number of carboxylic acid groups (broad SMARTS) is 1. The summed E-state index contributed by atoms with van der Waals surface area (Å²) in [7, 11) is 0. The molecule has 0 aliphatic carbocycles. The Morgan fingerprint density at radius 2 is 1.41 bits per heavy atom. The Morgan fingerprint density at radius 1 is 0.838 bits per heavy atom. The number of benzene rings is 3. The van der Waals surface area contributed by atoms with Gasteiger partial charge in [-0.25, -0.2) is 4.79 Å². The van der Waals surface area contributed by atoms with E-state index in [1.165, 1.54) is 34.1 Å². The maximum Gasteiger partial charge on any atom is 0.335 e. The first-order chi connectivity index (χ1) is 17.8. The van der Waals surface area contributed by atoms with Gasteiger partial charge in [0.05, 0.1) is 22.0 Å². The van der Waals surface area contributed by atoms with E-state index in [-0.39, 0.29) is 27.8 Å². The lowest BCUT2D eigenvalue weighted by molar-refractivity contribution is -0.120. The highest BCUT2D eigenvalue weighted by atomic mass is 35.5. The number of anilines is 2. The van der Waals surface area contributed by atoms with Gasteiger partial charge in [-0.05, 0) is 72.9 Å². The van der Waals surface area contributed by atoms with Gasteiger partial charge in [-0.3, -0.25) is 19.4 Å². The van der Waals surface area contributed by atoms with Gasteiger partial charge in [0, 0.05) is 5.56 Å². The molecule has 1 aliphatic rings. The van der Waals surface area contributed by atoms with Gasteiger partial charge in [-0.1, -0.05) is 48.0 Å². The number of carboxylic acids is 1. The van der Waals surface area contributed by atoms with Crippen molar-refractivity contribution in [3.8, 4) is 11.3 Å². The van der Waals surface area contributed by atoms with Crippen molar-refractivity contribution < 1.29 is 23.9 Å². The summed E-state index contributed by atoms with van der Waals surface area (Å²) in [5.74, 6) is -1.82. The maximum absolute atomic E-state index is 13.6. The molecule has 1 aromatic heterocycles. The molecule has 4 aromatic rings. The van der Waals surface area contributed by atoms with Crippen LogP contribution in [0.3, 0.4) is 0 Å². The third-order valence-corrected chi connectivity index (χ3v) is 6.37. The Hall–Kier alpha value is -4.53. The number of amides is 2. The van der Waals surface area contributed by atoms with Crippen molar-refractivity contribution in [1.29, 1.82) is 0 Å². The van der Waals surface area contributed by atoms with Crippen LogP contribution in [-0.4, -0.2) is 28.0 Å². The molecule has 1 saturated heterocycles. The maximum atomic E-state index is 13.6. The summed E-state index contributed by atoms with van der Waals surface area (Å²) in [4.78, 5) is 41.1. The fourth-order valence-corrected chi connectivity index (χ4v) is 4.49. The van der Waals surface area contributed by atoms with Gasteiger partial charge in [0.15, 0.2) is 5.11 Å². The molecule has 7 nitrogen and oxygen atoms in total. The largest absolute Gasteiger partial charge is 0.478 e. The summed E-state index contributed by atoms with van der Waals surface area (Å²) in [5.41, 5.74) is 1.26. The Bertz CT molecular complexity index is 1520. The van der Waals surface area contributed by atoms with E-state index in [0.717, 1.165) is 0 Å². The smallest absolute Gasteiger partial charge is 0.335 e. The van der Waals surface area contributed by atoms with Crippen molar-refractivity contribution in [1.82, 2.24) is 0 Å². The molecule has 1 aliphatic heterocycles. The minimum Gasteiger partial charge on any atom is -0.478 e. The van der Waals surface area contributed by atoms with Crippen LogP contribution in [-0.2, 0) is 9.59 Å². The molecule has 2 heterocycles. The molecule has 5 rings (SSSR count). The average Bonchev–Trinajstić information content (AvgIpc) is 3.36. The number of hydrogen-bond donors (Lipinski definition) is 1. The highest BCUT2D eigenvalue weighted by Gasteiger charge is 2.41. The van der Waals surface area contributed by atoms with E-state index in [1.807, 2.05) is 12.1 Å². The van der Waals surface area contributed by atoms with Crippen LogP contribution in [0.15, 0.2) is 101 Å². The van der Waals surface area contributed by atoms with Crippen LogP contribution in [0.4, 0.5) is 11.4 Å². The first-order valence-corrected chi connectivity index (χ1v) is 11.8. The number of hydrogen-bond acceptors (Lipinski definition) is 5. The number of halogens is 1. The first kappa shape index (κ1) is 24.2. The monoisotopic (exact) mass is 528 g/mol. The van der Waals surface area contributed by atoms with Gasteiger partial charge in [-0.15, -0.1) is 0 Å². The van der Waals surface area contributed by atoms with Crippen LogP contribution in [0.2, 0.25) is 5.02 Å². The van der Waals surface area contributed by atoms with E-state index < -0.39 is 17.8 Å². The van der Waals surface area contributed by atoms with Crippen LogP contribution in [0, 0.1) is 0 Å². The third-order valence-electron chi connectivity index (χ3n) is 5.67. The Balaban J connectivity index is 1.59. The predicted molar refractivity (Wildman–Crippen MR) is 145 cm³/mol. The molecule has 9 heteroatoms. The van der Waals surface area contributed by atoms with E-state index in [4.69, 9.17) is 28.2 Å². The van der Waals surface area contributed by atoms with Crippen LogP contribution in [0.25, 0.3) is 17.4 Å². The number of thiocarbonyl (C=S) groups is 1. The molecule has 0 unspecified atom stereocenters. The fraction of sp³-hybridized carbons (Fsp3) is 0. The second-order valence-electron chi connectivity index (χ2n) is 7.99. The van der Waals surface area contributed by atoms with Crippen LogP contribution >= 0.6 is 23.8 Å². The summed E-state index contributed by atoms with van der Waals surface area (Å²) in [6, 6.07) is 25.0. The number of para-hydroxylation sites is 2. The van der Waals surface area contributed by atoms with Crippen molar-refractivity contribution in [3.63, 3.8) is 0 Å². The first-order valence-electron chi connectivity index (χ1n) is 11.0. The number of furan rings is 1. The van der Waals surface area contributed by atoms with Crippen LogP contribution in [0.5, 0.6) is 0 Å². The molecule has 182 valence electrons. The highest BCUT2D eigenvalue weighted by Crippen LogP contribution is 2.33. The van der Waals surface area contributed by atoms with E-state index >= 15 is 0 Å². The molecule has 2 amide bonds. The van der Waals surface area contributed by atoms with Gasteiger partial charge < -0.3 is 9.52 Å². The minimum absolute atomic E-state index is 0.0296. The predicted octanol–water partition coefficient (Wildman–Crippen LogP) is 6.05. The lowest BCUT2D eigenvalue weighted by atomic mass is 10.1. The molecule has 3 aromatic carbocycles. The quantitative estimate of drug-likeness (QED) is 0.193. The molecule has 1 N–H and O–H groups in total. The van der Waals surface area contributed by atoms with E-state index in [1.54, 1.807) is 60.7 Å². The van der Waals surface area contributed by atoms with Crippen molar-refractivity contribution in [2.45, 2.75) is 0 Å². The SMILES string of the molecule is O=C(O)c1ccc(Cl)c(-c2ccc(C=C3C(=O)N(c4ccccc4)C(=S)N(c4ccccc4)C3=O)o2)c1. The minimum atomic E-state index is -1.11. The zero-order valence-corrected chi connectivity index (χ0v) is 20.6. The summed E-state index contributed by atoms with van der Waals surface area (Å²) < 4.78 is 5.87. The van der Waals surface area contributed by atoms with E-state index in [2.05, 4.69) is 0 Å². The van der Waals surface area contributed by atoms with Crippen molar-refractivity contribution in [3.05, 3.63) is 113 Å². The Labute approximate surface area is 221 Å². The van der Waals surface area contributed by atoms with Gasteiger partial charge in [0.25, 0.3) is 11.8 Å². The average molecular weight is 529 g/mol. The molecule has 37 heavy (non-hydrogen) atoms. The molecule has 0 bridgehead atoms. The molecule has 1 fully saturated rings. The Morgan fingerprint density at radius 3 is 1.95 bits per heavy atom. The second-order valence-corrected chi connectivity index (χ2v) is 8.77. The normalized spacial score (nSPS) is 13.8. The van der Waals surface area contributed by atoms with E-state index in [0.29, 0.717) is 22.0 Å². The fourth-order valence-electron chi connectivity index (χ4n) is 3.90. The number of carbonyl (C=O) groups is 3. The zero-order valence-electron chi connectivity index (χ0n) is 19.0. The van der Waals surface area contributed by atoms with Crippen LogP contribution < -0.4 is 9.80 Å². The lowest BCUT2D eigenvalue weighted by Crippen LogP contribution is -2.56. The molecule has 0 saturated carbocycles. The second kappa shape index (κ2) is 9.85. The number of rotatable bonds is 5. The molecular formula is C28H17ClN2O5S. The zero-order chi connectivity index (χ0) is 26.1. The number of carbonyl (C=O) groups excluding carboxylic acids is 2. The standard InChI is InChI=1S/C28H17ClN2O5S/c29-23-13-11-17(27(34)35)15-21(23)24-14-12-20(36-24)16-22-25(32)30(18-7-3-1-4-8-18)28(37)31(26(22)33)19-9-5-2-6-10-19/h1-16H,(H,34,35). The van der Waals surface area contributed by atoms with Crippen molar-refractivity contribution in [2.75, 3.05) is 9.80 Å². The topological polar surface area (TPSA) is 91.1 Å². The number of aromatic carboxylic acids is 1. The lowest BCUT2D eigenvalue weighted by Gasteiger charge is -2.36. The molecule has 0 atom stereocenters. The molecule has 0 spiro atoms.